The molecule has 0 aliphatic carbocycles. The first-order chi connectivity index (χ1) is 17.5. The van der Waals surface area contributed by atoms with Crippen LogP contribution < -0.4 is 11.1 Å². The number of β-lactam (4-membered cyclic amide) rings is 1. The number of nitrogens with zero attached hydrogens (tertiary/aromatic N) is 3. The molecule has 2 aliphatic heterocycles. The van der Waals surface area contributed by atoms with Crippen molar-refractivity contribution in [2.24, 2.45) is 0 Å². The largest absolute Gasteiger partial charge is 0.511 e. The number of esters is 1. The lowest BCUT2D eigenvalue weighted by atomic mass is 10.0. The summed E-state index contributed by atoms with van der Waals surface area (Å²) >= 11 is 2.48. The van der Waals surface area contributed by atoms with E-state index in [1.54, 1.807) is 12.3 Å². The molecule has 2 aliphatic rings. The number of aromatic nitrogens is 1. The Morgan fingerprint density at radius 1 is 1.27 bits per heavy atom. The summed E-state index contributed by atoms with van der Waals surface area (Å²) in [5.74, 6) is -1.74. The third-order valence-electron chi connectivity index (χ3n) is 5.00. The molecule has 3 atom stereocenters. The van der Waals surface area contributed by atoms with Gasteiger partial charge in [-0.1, -0.05) is 0 Å². The van der Waals surface area contributed by atoms with Crippen LogP contribution in [0, 0.1) is 0 Å². The summed E-state index contributed by atoms with van der Waals surface area (Å²) in [5.41, 5.74) is 6.24. The molecule has 0 radical (unpaired) electrons. The van der Waals surface area contributed by atoms with Crippen molar-refractivity contribution in [3.63, 3.8) is 0 Å². The second-order valence-corrected chi connectivity index (χ2v) is 9.98. The lowest BCUT2D eigenvalue weighted by molar-refractivity contribution is -0.169. The van der Waals surface area contributed by atoms with Gasteiger partial charge in [-0.15, -0.1) is 23.1 Å². The Balaban J connectivity index is 1.74. The third-order valence-corrected chi connectivity index (χ3v) is 7.06. The molecule has 1 saturated heterocycles. The van der Waals surface area contributed by atoms with Gasteiger partial charge in [-0.2, -0.15) is 0 Å². The van der Waals surface area contributed by atoms with Crippen molar-refractivity contribution in [2.45, 2.75) is 38.0 Å². The van der Waals surface area contributed by atoms with E-state index in [9.17, 15) is 24.0 Å². The molecule has 16 heteroatoms. The number of hydrogen-bond acceptors (Lipinski definition) is 13. The van der Waals surface area contributed by atoms with Gasteiger partial charge in [0.05, 0.1) is 18.7 Å². The Labute approximate surface area is 220 Å². The van der Waals surface area contributed by atoms with Crippen molar-refractivity contribution in [1.29, 1.82) is 0 Å². The highest BCUT2D eigenvalue weighted by Gasteiger charge is 2.54. The summed E-state index contributed by atoms with van der Waals surface area (Å²) in [6.45, 7) is 2.68. The molecule has 3 heterocycles. The summed E-state index contributed by atoms with van der Waals surface area (Å²) in [5, 5.41) is 4.04. The van der Waals surface area contributed by atoms with Gasteiger partial charge in [0.25, 0.3) is 5.91 Å². The highest BCUT2D eigenvalue weighted by atomic mass is 32.2. The van der Waals surface area contributed by atoms with Crippen LogP contribution in [0.2, 0.25) is 0 Å². The van der Waals surface area contributed by atoms with Gasteiger partial charge in [0.1, 0.15) is 23.7 Å². The predicted molar refractivity (Wildman–Crippen MR) is 131 cm³/mol. The zero-order chi connectivity index (χ0) is 27.3. The first kappa shape index (κ1) is 28.0. The Hall–Kier alpha value is -3.53. The molecule has 0 saturated carbocycles. The highest BCUT2D eigenvalue weighted by Crippen LogP contribution is 2.41. The Kier molecular flexibility index (Phi) is 9.20. The Bertz CT molecular complexity index is 1110. The third kappa shape index (κ3) is 6.82. The number of nitrogens with two attached hydrogens (primary N) is 1. The van der Waals surface area contributed by atoms with E-state index >= 15 is 0 Å². The maximum Gasteiger partial charge on any atom is 0.511 e. The van der Waals surface area contributed by atoms with Gasteiger partial charge in [0, 0.05) is 37.7 Å². The number of thioether (sulfide) groups is 1. The molecule has 3 rings (SSSR count). The minimum Gasteiger partial charge on any atom is -0.445 e. The zero-order valence-electron chi connectivity index (χ0n) is 20.5. The molecule has 1 aromatic rings. The normalized spacial score (nSPS) is 19.2. The number of thiazole rings is 1. The van der Waals surface area contributed by atoms with E-state index < -0.39 is 47.7 Å². The van der Waals surface area contributed by atoms with Crippen molar-refractivity contribution in [3.8, 4) is 0 Å². The standard InChI is InChI=1S/C21H27N5O9S2/c1-5-32-21(31)35-10(2)34-18(29)15-11(7-33-20(30)25(3)4)8-36-17-14(16(28)26(15)17)24-13(27)6-12-9-37-19(22)23-12/h9-10,14,17H,5-8H2,1-4H3,(H2,22,23)(H,24,27). The van der Waals surface area contributed by atoms with Crippen LogP contribution >= 0.6 is 23.1 Å². The van der Waals surface area contributed by atoms with Crippen LogP contribution in [0.4, 0.5) is 14.7 Å². The molecule has 0 spiro atoms. The van der Waals surface area contributed by atoms with Crippen molar-refractivity contribution in [2.75, 3.05) is 38.8 Å². The molecule has 14 nitrogen and oxygen atoms in total. The van der Waals surface area contributed by atoms with Crippen LogP contribution in [0.15, 0.2) is 16.7 Å². The van der Waals surface area contributed by atoms with Crippen LogP contribution in [0.5, 0.6) is 0 Å². The molecule has 0 aromatic carbocycles. The number of carbonyl (C=O) groups is 5. The first-order valence-corrected chi connectivity index (χ1v) is 13.0. The van der Waals surface area contributed by atoms with Crippen molar-refractivity contribution in [1.82, 2.24) is 20.1 Å². The molecule has 202 valence electrons. The van der Waals surface area contributed by atoms with E-state index in [0.717, 1.165) is 0 Å². The molecule has 1 aromatic heterocycles. The lowest BCUT2D eigenvalue weighted by Gasteiger charge is -2.49. The summed E-state index contributed by atoms with van der Waals surface area (Å²) in [7, 11) is 3.00. The minimum atomic E-state index is -1.32. The average Bonchev–Trinajstić information content (AvgIpc) is 3.24. The highest BCUT2D eigenvalue weighted by molar-refractivity contribution is 8.00. The molecule has 0 bridgehead atoms. The van der Waals surface area contributed by atoms with Gasteiger partial charge < -0.3 is 34.9 Å². The van der Waals surface area contributed by atoms with Gasteiger partial charge in [0.2, 0.25) is 12.2 Å². The van der Waals surface area contributed by atoms with Crippen molar-refractivity contribution < 1.29 is 42.9 Å². The van der Waals surface area contributed by atoms with Crippen LogP contribution in [0.1, 0.15) is 19.5 Å². The zero-order valence-corrected chi connectivity index (χ0v) is 22.2. The van der Waals surface area contributed by atoms with Crippen LogP contribution in [0.3, 0.4) is 0 Å². The van der Waals surface area contributed by atoms with Gasteiger partial charge >= 0.3 is 18.2 Å². The van der Waals surface area contributed by atoms with Gasteiger partial charge in [0.15, 0.2) is 5.13 Å². The van der Waals surface area contributed by atoms with E-state index in [4.69, 9.17) is 19.9 Å². The fourth-order valence-corrected chi connectivity index (χ4v) is 5.26. The van der Waals surface area contributed by atoms with Crippen LogP contribution in [-0.2, 0) is 39.8 Å². The topological polar surface area (TPSA) is 180 Å². The van der Waals surface area contributed by atoms with Crippen molar-refractivity contribution >= 4 is 58.3 Å². The number of nitrogen functional groups attached to an aromatic ring is 1. The van der Waals surface area contributed by atoms with E-state index in [-0.39, 0.29) is 31.1 Å². The summed E-state index contributed by atoms with van der Waals surface area (Å²) in [6.07, 6.45) is -3.06. The molecule has 3 unspecified atom stereocenters. The minimum absolute atomic E-state index is 0.0615. The monoisotopic (exact) mass is 557 g/mol. The van der Waals surface area contributed by atoms with Gasteiger partial charge in [-0.05, 0) is 6.92 Å². The number of ether oxygens (including phenoxy) is 4. The van der Waals surface area contributed by atoms with E-state index in [1.165, 1.54) is 53.9 Å². The van der Waals surface area contributed by atoms with E-state index in [0.29, 0.717) is 16.4 Å². The maximum absolute atomic E-state index is 13.1. The summed E-state index contributed by atoms with van der Waals surface area (Å²) in [4.78, 5) is 68.5. The number of carbonyl (C=O) groups excluding carboxylic acids is 5. The predicted octanol–water partition coefficient (Wildman–Crippen LogP) is 0.682. The number of rotatable bonds is 9. The molecular weight excluding hydrogens is 530 g/mol. The summed E-state index contributed by atoms with van der Waals surface area (Å²) < 4.78 is 19.9. The number of anilines is 1. The smallest absolute Gasteiger partial charge is 0.445 e. The fourth-order valence-electron chi connectivity index (χ4n) is 3.37. The maximum atomic E-state index is 13.1. The van der Waals surface area contributed by atoms with E-state index in [1.807, 2.05) is 0 Å². The number of nitrogens with one attached hydrogen (secondary N) is 1. The first-order valence-electron chi connectivity index (χ1n) is 11.1. The van der Waals surface area contributed by atoms with Gasteiger partial charge in [-0.25, -0.2) is 19.4 Å². The number of fused-ring (bicyclic) bond motifs is 1. The molecular formula is C21H27N5O9S2. The van der Waals surface area contributed by atoms with E-state index in [2.05, 4.69) is 15.0 Å². The molecule has 3 amide bonds. The Morgan fingerprint density at radius 2 is 2.00 bits per heavy atom. The number of hydrogen-bond donors (Lipinski definition) is 2. The molecule has 37 heavy (non-hydrogen) atoms. The van der Waals surface area contributed by atoms with Crippen molar-refractivity contribution in [3.05, 3.63) is 22.3 Å². The molecule has 1 fully saturated rings. The second kappa shape index (κ2) is 12.1. The SMILES string of the molecule is CCOC(=O)OC(C)OC(=O)C1=C(COC(=O)N(C)C)CSC2C(NC(=O)Cc3csc(N)n3)C(=O)N12. The Morgan fingerprint density at radius 3 is 2.62 bits per heavy atom. The fraction of sp³-hybridized carbons (Fsp3) is 0.524. The molecule has 3 N–H and O–H groups in total. The quantitative estimate of drug-likeness (QED) is 0.188. The number of amides is 3. The van der Waals surface area contributed by atoms with Crippen LogP contribution in [-0.4, -0.2) is 95.6 Å². The second-order valence-electron chi connectivity index (χ2n) is 7.98. The average molecular weight is 558 g/mol. The lowest BCUT2D eigenvalue weighted by Crippen LogP contribution is -2.70. The van der Waals surface area contributed by atoms with Gasteiger partial charge in [-0.3, -0.25) is 14.5 Å². The summed E-state index contributed by atoms with van der Waals surface area (Å²) in [6, 6.07) is -0.893. The van der Waals surface area contributed by atoms with Crippen LogP contribution in [0.25, 0.3) is 0 Å².